The van der Waals surface area contributed by atoms with Crippen molar-refractivity contribution in [1.82, 2.24) is 4.57 Å². The zero-order valence-electron chi connectivity index (χ0n) is 29.4. The second-order valence-corrected chi connectivity index (χ2v) is 14.0. The predicted octanol–water partition coefficient (Wildman–Crippen LogP) is 14.5. The molecule has 2 heterocycles. The number of aromatic nitrogens is 1. The molecule has 0 saturated heterocycles. The molecule has 0 atom stereocenters. The molecule has 2 nitrogen and oxygen atoms in total. The number of hydrogen-bond donors (Lipinski definition) is 0. The van der Waals surface area contributed by atoms with Gasteiger partial charge in [-0.2, -0.15) is 0 Å². The van der Waals surface area contributed by atoms with Crippen molar-refractivity contribution in [2.75, 3.05) is 0 Å². The molecule has 11 aromatic rings. The Morgan fingerprint density at radius 3 is 1.57 bits per heavy atom. The minimum absolute atomic E-state index is 0.892. The van der Waals surface area contributed by atoms with Crippen LogP contribution in [0.25, 0.3) is 105 Å². The van der Waals surface area contributed by atoms with Crippen molar-refractivity contribution in [3.05, 3.63) is 200 Å². The van der Waals surface area contributed by atoms with E-state index >= 15 is 0 Å². The Balaban J connectivity index is 1.31. The van der Waals surface area contributed by atoms with E-state index in [0.717, 1.165) is 39.0 Å². The SMILES string of the molecule is c1ccc(-c2ccc(-c3ccccc3)n2-c2ccc3c(-c4cccc5ccccc45)c4ccccc4c(-c4cccc5oc6ccccc6c45)c3c2)cc1. The summed E-state index contributed by atoms with van der Waals surface area (Å²) in [7, 11) is 0. The van der Waals surface area contributed by atoms with E-state index in [9.17, 15) is 0 Å². The molecule has 252 valence electrons. The van der Waals surface area contributed by atoms with Gasteiger partial charge in [-0.25, -0.2) is 0 Å². The fraction of sp³-hybridized carbons (Fsp3) is 0. The van der Waals surface area contributed by atoms with Crippen LogP contribution in [0.15, 0.2) is 205 Å². The third-order valence-corrected chi connectivity index (χ3v) is 11.0. The Morgan fingerprint density at radius 2 is 0.852 bits per heavy atom. The summed E-state index contributed by atoms with van der Waals surface area (Å²) >= 11 is 0. The van der Waals surface area contributed by atoms with Crippen LogP contribution < -0.4 is 0 Å². The second kappa shape index (κ2) is 12.2. The van der Waals surface area contributed by atoms with Gasteiger partial charge in [0.05, 0.1) is 11.4 Å². The summed E-state index contributed by atoms with van der Waals surface area (Å²) < 4.78 is 8.91. The van der Waals surface area contributed by atoms with Gasteiger partial charge in [-0.1, -0.05) is 164 Å². The van der Waals surface area contributed by atoms with Crippen molar-refractivity contribution >= 4 is 54.3 Å². The molecule has 0 unspecified atom stereocenters. The maximum atomic E-state index is 6.49. The highest BCUT2D eigenvalue weighted by Crippen LogP contribution is 2.49. The number of furan rings is 1. The fourth-order valence-corrected chi connectivity index (χ4v) is 8.70. The zero-order chi connectivity index (χ0) is 35.6. The Hall–Kier alpha value is -7.16. The minimum Gasteiger partial charge on any atom is -0.456 e. The average Bonchev–Trinajstić information content (AvgIpc) is 3.86. The Labute approximate surface area is 312 Å². The molecule has 0 aliphatic heterocycles. The molecule has 2 aromatic heterocycles. The molecule has 0 saturated carbocycles. The molecule has 0 N–H and O–H groups in total. The third-order valence-electron chi connectivity index (χ3n) is 11.0. The molecular weight excluding hydrogens is 655 g/mol. The molecule has 0 amide bonds. The molecule has 9 aromatic carbocycles. The number of hydrogen-bond acceptors (Lipinski definition) is 1. The summed E-state index contributed by atoms with van der Waals surface area (Å²) in [6, 6.07) is 72.3. The predicted molar refractivity (Wildman–Crippen MR) is 227 cm³/mol. The summed E-state index contributed by atoms with van der Waals surface area (Å²) in [6.45, 7) is 0. The lowest BCUT2D eigenvalue weighted by Gasteiger charge is -2.21. The van der Waals surface area contributed by atoms with E-state index in [1.165, 1.54) is 65.7 Å². The maximum Gasteiger partial charge on any atom is 0.136 e. The van der Waals surface area contributed by atoms with Crippen molar-refractivity contribution in [2.45, 2.75) is 0 Å². The van der Waals surface area contributed by atoms with Gasteiger partial charge in [0, 0.05) is 16.5 Å². The van der Waals surface area contributed by atoms with Gasteiger partial charge in [0.1, 0.15) is 11.2 Å². The van der Waals surface area contributed by atoms with E-state index in [2.05, 4.69) is 199 Å². The summed E-state index contributed by atoms with van der Waals surface area (Å²) in [6.07, 6.45) is 0. The third kappa shape index (κ3) is 4.67. The highest BCUT2D eigenvalue weighted by molar-refractivity contribution is 6.27. The Kier molecular flexibility index (Phi) is 6.90. The Morgan fingerprint density at radius 1 is 0.333 bits per heavy atom. The van der Waals surface area contributed by atoms with Crippen LogP contribution >= 0.6 is 0 Å². The van der Waals surface area contributed by atoms with Crippen molar-refractivity contribution in [2.24, 2.45) is 0 Å². The molecule has 2 heteroatoms. The number of para-hydroxylation sites is 1. The summed E-state index contributed by atoms with van der Waals surface area (Å²) in [4.78, 5) is 0. The largest absolute Gasteiger partial charge is 0.456 e. The van der Waals surface area contributed by atoms with Crippen molar-refractivity contribution in [1.29, 1.82) is 0 Å². The van der Waals surface area contributed by atoms with Gasteiger partial charge >= 0.3 is 0 Å². The van der Waals surface area contributed by atoms with Crippen LogP contribution in [-0.4, -0.2) is 4.57 Å². The van der Waals surface area contributed by atoms with Gasteiger partial charge in [-0.3, -0.25) is 0 Å². The molecule has 11 rings (SSSR count). The van der Waals surface area contributed by atoms with E-state index < -0.39 is 0 Å². The monoisotopic (exact) mass is 687 g/mol. The van der Waals surface area contributed by atoms with E-state index in [1.54, 1.807) is 0 Å². The molecule has 0 bridgehead atoms. The number of benzene rings is 9. The standard InChI is InChI=1S/C52H33NO/c1-3-16-35(17-4-1)46-31-32-47(36-18-5-2-6-19-36)53(46)37-29-30-42-45(33-37)51(44-26-14-28-49-52(44)43-24-11-12-27-48(43)54-49)41-23-10-9-22-40(41)50(42)39-25-13-20-34-15-7-8-21-38(34)39/h1-33H. The molecule has 0 fully saturated rings. The number of rotatable bonds is 5. The van der Waals surface area contributed by atoms with Crippen LogP contribution in [0, 0.1) is 0 Å². The average molecular weight is 688 g/mol. The maximum absolute atomic E-state index is 6.49. The normalized spacial score (nSPS) is 11.7. The van der Waals surface area contributed by atoms with Crippen LogP contribution in [0.2, 0.25) is 0 Å². The lowest BCUT2D eigenvalue weighted by molar-refractivity contribution is 0.669. The minimum atomic E-state index is 0.892. The van der Waals surface area contributed by atoms with Gasteiger partial charge in [-0.15, -0.1) is 0 Å². The molecule has 0 aliphatic rings. The Bertz CT molecular complexity index is 3140. The van der Waals surface area contributed by atoms with Gasteiger partial charge in [0.2, 0.25) is 0 Å². The van der Waals surface area contributed by atoms with Crippen LogP contribution in [-0.2, 0) is 0 Å². The molecular formula is C52H33NO. The molecule has 54 heavy (non-hydrogen) atoms. The van der Waals surface area contributed by atoms with Crippen LogP contribution in [0.5, 0.6) is 0 Å². The van der Waals surface area contributed by atoms with Gasteiger partial charge in [-0.05, 0) is 102 Å². The summed E-state index contributed by atoms with van der Waals surface area (Å²) in [5, 5.41) is 9.58. The highest BCUT2D eigenvalue weighted by atomic mass is 16.3. The van der Waals surface area contributed by atoms with Crippen LogP contribution in [0.1, 0.15) is 0 Å². The van der Waals surface area contributed by atoms with Gasteiger partial charge in [0.25, 0.3) is 0 Å². The van der Waals surface area contributed by atoms with Crippen LogP contribution in [0.3, 0.4) is 0 Å². The van der Waals surface area contributed by atoms with E-state index in [-0.39, 0.29) is 0 Å². The number of nitrogens with zero attached hydrogens (tertiary/aromatic N) is 1. The van der Waals surface area contributed by atoms with Crippen molar-refractivity contribution in [3.63, 3.8) is 0 Å². The first-order valence-electron chi connectivity index (χ1n) is 18.5. The smallest absolute Gasteiger partial charge is 0.136 e. The highest BCUT2D eigenvalue weighted by Gasteiger charge is 2.23. The van der Waals surface area contributed by atoms with E-state index in [0.29, 0.717) is 0 Å². The lowest BCUT2D eigenvalue weighted by Crippen LogP contribution is -2.00. The number of fused-ring (bicyclic) bond motifs is 6. The molecule has 0 aliphatic carbocycles. The van der Waals surface area contributed by atoms with E-state index in [4.69, 9.17) is 4.42 Å². The summed E-state index contributed by atoms with van der Waals surface area (Å²) in [5.74, 6) is 0. The summed E-state index contributed by atoms with van der Waals surface area (Å²) in [5.41, 5.74) is 12.4. The molecule has 0 spiro atoms. The van der Waals surface area contributed by atoms with Gasteiger partial charge in [0.15, 0.2) is 0 Å². The lowest BCUT2D eigenvalue weighted by atomic mass is 9.83. The van der Waals surface area contributed by atoms with Crippen molar-refractivity contribution in [3.8, 4) is 50.5 Å². The van der Waals surface area contributed by atoms with Gasteiger partial charge < -0.3 is 8.98 Å². The molecule has 0 radical (unpaired) electrons. The topological polar surface area (TPSA) is 18.1 Å². The van der Waals surface area contributed by atoms with E-state index in [1.807, 2.05) is 6.07 Å². The van der Waals surface area contributed by atoms with Crippen LogP contribution in [0.4, 0.5) is 0 Å². The first-order chi connectivity index (χ1) is 26.8. The zero-order valence-corrected chi connectivity index (χ0v) is 29.4. The quantitative estimate of drug-likeness (QED) is 0.165. The first-order valence-corrected chi connectivity index (χ1v) is 18.5. The fourth-order valence-electron chi connectivity index (χ4n) is 8.70. The van der Waals surface area contributed by atoms with Crippen molar-refractivity contribution < 1.29 is 4.42 Å². The first kappa shape index (κ1) is 30.5. The second-order valence-electron chi connectivity index (χ2n) is 14.0.